The molecule has 0 aromatic rings. The fourth-order valence-electron chi connectivity index (χ4n) is 2.75. The number of carboxylic acid groups (broad SMARTS) is 1. The molecule has 1 fully saturated rings. The third kappa shape index (κ3) is 5.91. The van der Waals surface area contributed by atoms with E-state index >= 15 is 0 Å². The topological polar surface area (TPSA) is 72.9 Å². The monoisotopic (exact) mass is 299 g/mol. The number of aliphatic carboxylic acids is 1. The molecule has 0 aromatic carbocycles. The highest BCUT2D eigenvalue weighted by Gasteiger charge is 2.30. The molecule has 1 unspecified atom stereocenters. The summed E-state index contributed by atoms with van der Waals surface area (Å²) in [5.74, 6) is -0.893. The fraction of sp³-hybridized carbons (Fsp3) is 0.867. The zero-order valence-corrected chi connectivity index (χ0v) is 13.3. The second-order valence-corrected chi connectivity index (χ2v) is 5.51. The summed E-state index contributed by atoms with van der Waals surface area (Å²) in [4.78, 5) is 27.3. The van der Waals surface area contributed by atoms with Gasteiger partial charge in [-0.15, -0.1) is 0 Å². The number of nitrogens with one attached hydrogen (secondary N) is 1. The van der Waals surface area contributed by atoms with Crippen LogP contribution in [0.5, 0.6) is 0 Å². The third-order valence-electron chi connectivity index (χ3n) is 4.12. The Balaban J connectivity index is 2.39. The predicted octanol–water partition coefficient (Wildman–Crippen LogP) is 1.76. The maximum absolute atomic E-state index is 12.2. The van der Waals surface area contributed by atoms with Crippen LogP contribution in [0.25, 0.3) is 0 Å². The first-order chi connectivity index (χ1) is 10.1. The number of urea groups is 1. The molecular weight excluding hydrogens is 270 g/mol. The molecule has 1 aliphatic heterocycles. The summed E-state index contributed by atoms with van der Waals surface area (Å²) in [7, 11) is 0. The van der Waals surface area contributed by atoms with E-state index in [0.29, 0.717) is 19.5 Å². The first-order valence-electron chi connectivity index (χ1n) is 8.09. The van der Waals surface area contributed by atoms with Gasteiger partial charge in [0.15, 0.2) is 0 Å². The maximum Gasteiger partial charge on any atom is 0.326 e. The minimum Gasteiger partial charge on any atom is -0.480 e. The summed E-state index contributed by atoms with van der Waals surface area (Å²) in [5.41, 5.74) is 0. The van der Waals surface area contributed by atoms with Crippen LogP contribution in [-0.4, -0.2) is 65.7 Å². The molecule has 0 aliphatic carbocycles. The van der Waals surface area contributed by atoms with Crippen LogP contribution in [0.2, 0.25) is 0 Å². The van der Waals surface area contributed by atoms with E-state index in [9.17, 15) is 14.7 Å². The van der Waals surface area contributed by atoms with Gasteiger partial charge >= 0.3 is 12.0 Å². The number of carboxylic acids is 1. The van der Waals surface area contributed by atoms with Crippen molar-refractivity contribution in [3.05, 3.63) is 0 Å². The van der Waals surface area contributed by atoms with Crippen LogP contribution < -0.4 is 5.32 Å². The molecule has 2 N–H and O–H groups in total. The normalized spacial score (nSPS) is 19.4. The fourth-order valence-corrected chi connectivity index (χ4v) is 2.75. The molecule has 0 aromatic heterocycles. The van der Waals surface area contributed by atoms with Gasteiger partial charge in [0.25, 0.3) is 0 Å². The van der Waals surface area contributed by atoms with E-state index in [1.165, 1.54) is 4.90 Å². The van der Waals surface area contributed by atoms with Crippen molar-refractivity contribution in [1.82, 2.24) is 15.1 Å². The summed E-state index contributed by atoms with van der Waals surface area (Å²) in [5, 5.41) is 12.1. The molecule has 21 heavy (non-hydrogen) atoms. The predicted molar refractivity (Wildman–Crippen MR) is 82.4 cm³/mol. The molecule has 1 rings (SSSR count). The Morgan fingerprint density at radius 2 is 1.95 bits per heavy atom. The van der Waals surface area contributed by atoms with Crippen molar-refractivity contribution in [1.29, 1.82) is 0 Å². The maximum atomic E-state index is 12.2. The van der Waals surface area contributed by atoms with Crippen LogP contribution in [0.4, 0.5) is 4.79 Å². The minimum atomic E-state index is -0.893. The van der Waals surface area contributed by atoms with Crippen LogP contribution in [0.3, 0.4) is 0 Å². The van der Waals surface area contributed by atoms with Crippen molar-refractivity contribution in [2.24, 2.45) is 0 Å². The van der Waals surface area contributed by atoms with Gasteiger partial charge in [-0.05, 0) is 38.9 Å². The number of rotatable bonds is 7. The van der Waals surface area contributed by atoms with E-state index in [4.69, 9.17) is 0 Å². The smallest absolute Gasteiger partial charge is 0.326 e. The van der Waals surface area contributed by atoms with Gasteiger partial charge < -0.3 is 20.2 Å². The van der Waals surface area contributed by atoms with E-state index < -0.39 is 12.0 Å². The van der Waals surface area contributed by atoms with E-state index in [0.717, 1.165) is 45.3 Å². The Kier molecular flexibility index (Phi) is 8.12. The lowest BCUT2D eigenvalue weighted by Gasteiger charge is -2.27. The van der Waals surface area contributed by atoms with Crippen molar-refractivity contribution in [3.8, 4) is 0 Å². The summed E-state index contributed by atoms with van der Waals surface area (Å²) in [6.45, 7) is 8.36. The summed E-state index contributed by atoms with van der Waals surface area (Å²) < 4.78 is 0. The van der Waals surface area contributed by atoms with E-state index in [-0.39, 0.29) is 6.03 Å². The molecule has 1 saturated heterocycles. The molecule has 1 heterocycles. The molecule has 0 saturated carbocycles. The quantitative estimate of drug-likeness (QED) is 0.703. The highest BCUT2D eigenvalue weighted by atomic mass is 16.4. The standard InChI is InChI=1S/C15H29N3O3/c1-3-17(4-2)11-8-10-16-15(21)18-12-7-5-6-9-13(18)14(19)20/h13H,3-12H2,1-2H3,(H,16,21)(H,19,20). The molecule has 1 atom stereocenters. The van der Waals surface area contributed by atoms with Gasteiger partial charge in [0.1, 0.15) is 6.04 Å². The Morgan fingerprint density at radius 1 is 1.24 bits per heavy atom. The molecule has 122 valence electrons. The van der Waals surface area contributed by atoms with Gasteiger partial charge in [-0.3, -0.25) is 0 Å². The summed E-state index contributed by atoms with van der Waals surface area (Å²) in [6.07, 6.45) is 4.20. The van der Waals surface area contributed by atoms with E-state index in [1.54, 1.807) is 0 Å². The molecular formula is C15H29N3O3. The lowest BCUT2D eigenvalue weighted by atomic mass is 10.1. The van der Waals surface area contributed by atoms with Crippen LogP contribution in [0.1, 0.15) is 46.0 Å². The van der Waals surface area contributed by atoms with Crippen LogP contribution in [0, 0.1) is 0 Å². The summed E-state index contributed by atoms with van der Waals surface area (Å²) >= 11 is 0. The number of hydrogen-bond acceptors (Lipinski definition) is 3. The highest BCUT2D eigenvalue weighted by Crippen LogP contribution is 2.17. The van der Waals surface area contributed by atoms with Crippen LogP contribution in [-0.2, 0) is 4.79 Å². The molecule has 6 nitrogen and oxygen atoms in total. The zero-order valence-electron chi connectivity index (χ0n) is 13.3. The van der Waals surface area contributed by atoms with Crippen molar-refractivity contribution in [3.63, 3.8) is 0 Å². The number of carbonyl (C=O) groups is 2. The Morgan fingerprint density at radius 3 is 2.57 bits per heavy atom. The molecule has 1 aliphatic rings. The summed E-state index contributed by atoms with van der Waals surface area (Å²) in [6, 6.07) is -0.904. The van der Waals surface area contributed by atoms with E-state index in [2.05, 4.69) is 24.1 Å². The van der Waals surface area contributed by atoms with Crippen molar-refractivity contribution in [2.75, 3.05) is 32.7 Å². The van der Waals surface area contributed by atoms with Gasteiger partial charge in [0, 0.05) is 13.1 Å². The Labute approximate surface area is 127 Å². The molecule has 2 amide bonds. The second kappa shape index (κ2) is 9.60. The molecule has 0 bridgehead atoms. The van der Waals surface area contributed by atoms with Gasteiger partial charge in [0.05, 0.1) is 0 Å². The minimum absolute atomic E-state index is 0.233. The van der Waals surface area contributed by atoms with Crippen molar-refractivity contribution < 1.29 is 14.7 Å². The lowest BCUT2D eigenvalue weighted by Crippen LogP contribution is -2.49. The Hall–Kier alpha value is -1.30. The first kappa shape index (κ1) is 17.8. The van der Waals surface area contributed by atoms with Gasteiger partial charge in [-0.2, -0.15) is 0 Å². The second-order valence-electron chi connectivity index (χ2n) is 5.51. The molecule has 0 radical (unpaired) electrons. The SMILES string of the molecule is CCN(CC)CCCNC(=O)N1CCCCCC1C(=O)O. The average molecular weight is 299 g/mol. The van der Waals surface area contributed by atoms with Crippen molar-refractivity contribution in [2.45, 2.75) is 52.0 Å². The largest absolute Gasteiger partial charge is 0.480 e. The van der Waals surface area contributed by atoms with Gasteiger partial charge in [-0.1, -0.05) is 26.7 Å². The molecule has 6 heteroatoms. The van der Waals surface area contributed by atoms with Crippen molar-refractivity contribution >= 4 is 12.0 Å². The average Bonchev–Trinajstić information content (AvgIpc) is 2.73. The highest BCUT2D eigenvalue weighted by molar-refractivity contribution is 5.82. The number of carbonyl (C=O) groups excluding carboxylic acids is 1. The first-order valence-corrected chi connectivity index (χ1v) is 8.09. The third-order valence-corrected chi connectivity index (χ3v) is 4.12. The van der Waals surface area contributed by atoms with Gasteiger partial charge in [-0.25, -0.2) is 9.59 Å². The van der Waals surface area contributed by atoms with Crippen LogP contribution in [0.15, 0.2) is 0 Å². The lowest BCUT2D eigenvalue weighted by molar-refractivity contribution is -0.142. The van der Waals surface area contributed by atoms with Gasteiger partial charge in [0.2, 0.25) is 0 Å². The van der Waals surface area contributed by atoms with E-state index in [1.807, 2.05) is 0 Å². The Bertz CT molecular complexity index is 332. The molecule has 0 spiro atoms. The number of amides is 2. The van der Waals surface area contributed by atoms with Crippen LogP contribution >= 0.6 is 0 Å². The number of nitrogens with zero attached hydrogens (tertiary/aromatic N) is 2. The number of likely N-dealkylation sites (tertiary alicyclic amines) is 1. The zero-order chi connectivity index (χ0) is 15.7. The number of hydrogen-bond donors (Lipinski definition) is 2.